The van der Waals surface area contributed by atoms with Crippen molar-refractivity contribution in [1.29, 1.82) is 0 Å². The highest BCUT2D eigenvalue weighted by Gasteiger charge is 2.28. The Kier molecular flexibility index (Phi) is 5.89. The lowest BCUT2D eigenvalue weighted by atomic mass is 9.96. The van der Waals surface area contributed by atoms with Crippen molar-refractivity contribution in [2.45, 2.75) is 20.0 Å². The van der Waals surface area contributed by atoms with Gasteiger partial charge >= 0.3 is 0 Å². The number of benzene rings is 3. The fourth-order valence-electron chi connectivity index (χ4n) is 3.33. The largest absolute Gasteiger partial charge is 0.485 e. The van der Waals surface area contributed by atoms with Gasteiger partial charge in [-0.1, -0.05) is 42.5 Å². The smallest absolute Gasteiger partial charge is 0.283 e. The molecule has 2 amide bonds. The van der Waals surface area contributed by atoms with Gasteiger partial charge in [0.15, 0.2) is 17.3 Å². The number of amides is 2. The van der Waals surface area contributed by atoms with Crippen LogP contribution in [0.5, 0.6) is 11.5 Å². The molecule has 0 fully saturated rings. The van der Waals surface area contributed by atoms with Crippen molar-refractivity contribution >= 4 is 17.6 Å². The van der Waals surface area contributed by atoms with Gasteiger partial charge in [-0.25, -0.2) is 0 Å². The maximum absolute atomic E-state index is 13.0. The van der Waals surface area contributed by atoms with E-state index in [4.69, 9.17) is 9.47 Å². The van der Waals surface area contributed by atoms with Crippen molar-refractivity contribution in [3.8, 4) is 11.5 Å². The molecule has 2 N–H and O–H groups in total. The molecule has 0 spiro atoms. The van der Waals surface area contributed by atoms with Crippen molar-refractivity contribution in [3.63, 3.8) is 0 Å². The number of hydrogen-bond acceptors (Lipinski definition) is 5. The lowest BCUT2D eigenvalue weighted by molar-refractivity contribution is -0.131. The molecule has 1 aliphatic heterocycles. The average molecular weight is 430 g/mol. The number of fused-ring (bicyclic) bond motifs is 1. The van der Waals surface area contributed by atoms with Gasteiger partial charge in [-0.3, -0.25) is 25.2 Å². The lowest BCUT2D eigenvalue weighted by Crippen LogP contribution is -2.51. The van der Waals surface area contributed by atoms with Gasteiger partial charge < -0.3 is 9.47 Å². The second-order valence-corrected chi connectivity index (χ2v) is 7.48. The van der Waals surface area contributed by atoms with E-state index < -0.39 is 17.9 Å². The second-order valence-electron chi connectivity index (χ2n) is 7.48. The number of carbonyl (C=O) groups is 3. The molecule has 1 atom stereocenters. The van der Waals surface area contributed by atoms with Crippen molar-refractivity contribution < 1.29 is 23.9 Å². The Morgan fingerprint density at radius 2 is 1.50 bits per heavy atom. The number of ether oxygens (including phenoxy) is 2. The third-order valence-electron chi connectivity index (χ3n) is 5.29. The summed E-state index contributed by atoms with van der Waals surface area (Å²) in [5, 5.41) is 0. The molecular formula is C25H22N2O5. The zero-order chi connectivity index (χ0) is 22.7. The van der Waals surface area contributed by atoms with Crippen LogP contribution in [0.3, 0.4) is 0 Å². The summed E-state index contributed by atoms with van der Waals surface area (Å²) in [7, 11) is 0. The van der Waals surface area contributed by atoms with Gasteiger partial charge in [-0.15, -0.1) is 0 Å². The highest BCUT2D eigenvalue weighted by Crippen LogP contribution is 2.30. The van der Waals surface area contributed by atoms with Gasteiger partial charge in [-0.2, -0.15) is 0 Å². The van der Waals surface area contributed by atoms with Crippen LogP contribution in [0.2, 0.25) is 0 Å². The Morgan fingerprint density at radius 3 is 2.25 bits per heavy atom. The van der Waals surface area contributed by atoms with Crippen molar-refractivity contribution in [2.24, 2.45) is 0 Å². The average Bonchev–Trinajstić information content (AvgIpc) is 2.83. The number of aryl methyl sites for hydroxylation is 2. The molecule has 1 unspecified atom stereocenters. The molecule has 1 heterocycles. The highest BCUT2D eigenvalue weighted by atomic mass is 16.6. The standard InChI is InChI=1S/C25H22N2O5/c1-15-11-12-17(13-16(15)2)23(28)18-7-3-4-8-19(18)24(29)26-27-25(30)22-14-31-20-9-5-6-10-21(20)32-22/h3-13,22H,14H2,1-2H3,(H,26,29)(H,27,30). The highest BCUT2D eigenvalue weighted by molar-refractivity contribution is 6.15. The first-order chi connectivity index (χ1) is 15.4. The molecule has 0 saturated carbocycles. The third kappa shape index (κ3) is 4.32. The van der Waals surface area contributed by atoms with Crippen molar-refractivity contribution in [3.05, 3.63) is 94.5 Å². The molecule has 4 rings (SSSR count). The van der Waals surface area contributed by atoms with E-state index in [0.29, 0.717) is 17.1 Å². The summed E-state index contributed by atoms with van der Waals surface area (Å²) in [6.45, 7) is 3.91. The molecule has 3 aromatic carbocycles. The minimum atomic E-state index is -0.919. The number of para-hydroxylation sites is 2. The molecule has 0 bridgehead atoms. The molecule has 32 heavy (non-hydrogen) atoms. The number of hydrazine groups is 1. The normalized spacial score (nSPS) is 14.4. The Labute approximate surface area is 185 Å². The minimum absolute atomic E-state index is 0.0144. The Bertz CT molecular complexity index is 1200. The Hall–Kier alpha value is -4.13. The number of ketones is 1. The zero-order valence-corrected chi connectivity index (χ0v) is 17.7. The van der Waals surface area contributed by atoms with Crippen LogP contribution in [0.25, 0.3) is 0 Å². The molecule has 0 aliphatic carbocycles. The number of nitrogens with one attached hydrogen (secondary N) is 2. The number of carbonyl (C=O) groups excluding carboxylic acids is 3. The van der Waals surface area contributed by atoms with E-state index in [2.05, 4.69) is 10.9 Å². The van der Waals surface area contributed by atoms with E-state index in [1.54, 1.807) is 54.6 Å². The quantitative estimate of drug-likeness (QED) is 0.490. The van der Waals surface area contributed by atoms with Crippen LogP contribution in [-0.2, 0) is 4.79 Å². The van der Waals surface area contributed by atoms with Crippen LogP contribution >= 0.6 is 0 Å². The van der Waals surface area contributed by atoms with Crippen LogP contribution in [0.4, 0.5) is 0 Å². The van der Waals surface area contributed by atoms with Gasteiger partial charge in [0, 0.05) is 11.1 Å². The molecule has 3 aromatic rings. The molecule has 0 saturated heterocycles. The van der Waals surface area contributed by atoms with Crippen LogP contribution in [0, 0.1) is 13.8 Å². The predicted octanol–water partition coefficient (Wildman–Crippen LogP) is 3.14. The molecule has 0 aromatic heterocycles. The van der Waals surface area contributed by atoms with Crippen LogP contribution < -0.4 is 20.3 Å². The molecule has 162 valence electrons. The van der Waals surface area contributed by atoms with E-state index in [1.807, 2.05) is 19.9 Å². The van der Waals surface area contributed by atoms with Crippen molar-refractivity contribution in [1.82, 2.24) is 10.9 Å². The summed E-state index contributed by atoms with van der Waals surface area (Å²) in [5.74, 6) is -0.436. The lowest BCUT2D eigenvalue weighted by Gasteiger charge is -2.25. The topological polar surface area (TPSA) is 93.7 Å². The fraction of sp³-hybridized carbons (Fsp3) is 0.160. The van der Waals surface area contributed by atoms with Gasteiger partial charge in [0.2, 0.25) is 6.10 Å². The summed E-state index contributed by atoms with van der Waals surface area (Å²) < 4.78 is 11.2. The maximum Gasteiger partial charge on any atom is 0.283 e. The van der Waals surface area contributed by atoms with E-state index >= 15 is 0 Å². The second kappa shape index (κ2) is 8.93. The number of rotatable bonds is 4. The van der Waals surface area contributed by atoms with E-state index in [1.165, 1.54) is 6.07 Å². The van der Waals surface area contributed by atoms with Gasteiger partial charge in [0.05, 0.1) is 5.56 Å². The van der Waals surface area contributed by atoms with Crippen LogP contribution in [-0.4, -0.2) is 30.3 Å². The van der Waals surface area contributed by atoms with Crippen LogP contribution in [0.1, 0.15) is 37.4 Å². The molecular weight excluding hydrogens is 408 g/mol. The van der Waals surface area contributed by atoms with Gasteiger partial charge in [0.25, 0.3) is 11.8 Å². The first-order valence-electron chi connectivity index (χ1n) is 10.1. The summed E-state index contributed by atoms with van der Waals surface area (Å²) >= 11 is 0. The Morgan fingerprint density at radius 1 is 0.812 bits per heavy atom. The van der Waals surface area contributed by atoms with Crippen LogP contribution in [0.15, 0.2) is 66.7 Å². The summed E-state index contributed by atoms with van der Waals surface area (Å²) in [5.41, 5.74) is 7.66. The maximum atomic E-state index is 13.0. The Balaban J connectivity index is 1.45. The first-order valence-corrected chi connectivity index (χ1v) is 10.1. The summed E-state index contributed by atoms with van der Waals surface area (Å²) in [6, 6.07) is 18.9. The van der Waals surface area contributed by atoms with E-state index in [-0.39, 0.29) is 23.5 Å². The molecule has 7 nitrogen and oxygen atoms in total. The van der Waals surface area contributed by atoms with Gasteiger partial charge in [0.1, 0.15) is 6.61 Å². The van der Waals surface area contributed by atoms with Gasteiger partial charge in [-0.05, 0) is 49.2 Å². The molecule has 1 aliphatic rings. The third-order valence-corrected chi connectivity index (χ3v) is 5.29. The summed E-state index contributed by atoms with van der Waals surface area (Å²) in [4.78, 5) is 38.2. The summed E-state index contributed by atoms with van der Waals surface area (Å²) in [6.07, 6.45) is -0.919. The molecule has 7 heteroatoms. The fourth-order valence-corrected chi connectivity index (χ4v) is 3.33. The monoisotopic (exact) mass is 430 g/mol. The first kappa shape index (κ1) is 21.1. The minimum Gasteiger partial charge on any atom is -0.485 e. The zero-order valence-electron chi connectivity index (χ0n) is 17.7. The van der Waals surface area contributed by atoms with E-state index in [9.17, 15) is 14.4 Å². The SMILES string of the molecule is Cc1ccc(C(=O)c2ccccc2C(=O)NNC(=O)C2COc3ccccc3O2)cc1C. The van der Waals surface area contributed by atoms with E-state index in [0.717, 1.165) is 11.1 Å². The molecule has 0 radical (unpaired) electrons. The predicted molar refractivity (Wildman–Crippen MR) is 118 cm³/mol. The number of hydrogen-bond donors (Lipinski definition) is 2. The van der Waals surface area contributed by atoms with Crippen molar-refractivity contribution in [2.75, 3.05) is 6.61 Å².